The van der Waals surface area contributed by atoms with Crippen LogP contribution in [0.15, 0.2) is 48.5 Å². The van der Waals surface area contributed by atoms with Gasteiger partial charge in [0.2, 0.25) is 0 Å². The molecule has 0 radical (unpaired) electrons. The molecule has 2 aromatic carbocycles. The Bertz CT molecular complexity index is 542. The van der Waals surface area contributed by atoms with Crippen molar-refractivity contribution in [2.45, 2.75) is 65.2 Å². The molecule has 0 saturated carbocycles. The van der Waals surface area contributed by atoms with E-state index in [9.17, 15) is 0 Å². The second-order valence-electron chi connectivity index (χ2n) is 7.16. The first-order valence-corrected chi connectivity index (χ1v) is 10.5. The Hall–Kier alpha value is -1.38. The second kappa shape index (κ2) is 16.6. The highest BCUT2D eigenvalue weighted by molar-refractivity contribution is 5.85. The molecule has 0 saturated heterocycles. The van der Waals surface area contributed by atoms with E-state index in [4.69, 9.17) is 0 Å². The predicted octanol–water partition coefficient (Wildman–Crippen LogP) is 7.52. The zero-order valence-corrected chi connectivity index (χ0v) is 19.1. The largest absolute Gasteiger partial charge is 0.385 e. The Morgan fingerprint density at radius 3 is 1.21 bits per heavy atom. The number of hydrogen-bond donors (Lipinski definition) is 2. The van der Waals surface area contributed by atoms with Crippen molar-refractivity contribution >= 4 is 36.2 Å². The molecule has 0 aliphatic heterocycles. The molecule has 28 heavy (non-hydrogen) atoms. The van der Waals surface area contributed by atoms with Crippen LogP contribution < -0.4 is 10.6 Å². The highest BCUT2D eigenvalue weighted by atomic mass is 35.5. The summed E-state index contributed by atoms with van der Waals surface area (Å²) in [5, 5.41) is 7.01. The molecule has 0 aliphatic carbocycles. The van der Waals surface area contributed by atoms with Gasteiger partial charge in [0.05, 0.1) is 0 Å². The van der Waals surface area contributed by atoms with Gasteiger partial charge in [-0.15, -0.1) is 24.8 Å². The van der Waals surface area contributed by atoms with E-state index in [2.05, 4.69) is 73.0 Å². The van der Waals surface area contributed by atoms with Crippen molar-refractivity contribution in [3.05, 3.63) is 59.7 Å². The Kier molecular flexibility index (Phi) is 15.7. The van der Waals surface area contributed by atoms with Gasteiger partial charge in [0.1, 0.15) is 0 Å². The quantitative estimate of drug-likeness (QED) is 0.324. The highest BCUT2D eigenvalue weighted by Crippen LogP contribution is 2.15. The van der Waals surface area contributed by atoms with E-state index in [1.54, 1.807) is 0 Å². The molecule has 2 nitrogen and oxygen atoms in total. The summed E-state index contributed by atoms with van der Waals surface area (Å²) in [4.78, 5) is 0. The van der Waals surface area contributed by atoms with Crippen molar-refractivity contribution in [1.82, 2.24) is 0 Å². The smallest absolute Gasteiger partial charge is 0.0340 e. The third-order valence-electron chi connectivity index (χ3n) is 4.83. The molecule has 0 unspecified atom stereocenters. The van der Waals surface area contributed by atoms with Crippen LogP contribution in [0.2, 0.25) is 0 Å². The summed E-state index contributed by atoms with van der Waals surface area (Å²) in [6.45, 7) is 6.64. The maximum Gasteiger partial charge on any atom is 0.0340 e. The van der Waals surface area contributed by atoms with Gasteiger partial charge in [-0.05, 0) is 61.1 Å². The van der Waals surface area contributed by atoms with E-state index in [1.165, 1.54) is 61.0 Å². The Morgan fingerprint density at radius 2 is 0.893 bits per heavy atom. The van der Waals surface area contributed by atoms with Gasteiger partial charge in [0.15, 0.2) is 0 Å². The zero-order chi connectivity index (χ0) is 18.5. The monoisotopic (exact) mass is 424 g/mol. The lowest BCUT2D eigenvalue weighted by molar-refractivity contribution is 0.744. The summed E-state index contributed by atoms with van der Waals surface area (Å²) in [6.07, 6.45) is 9.85. The molecule has 0 bridgehead atoms. The van der Waals surface area contributed by atoms with E-state index in [0.717, 1.165) is 25.9 Å². The molecule has 0 atom stereocenters. The van der Waals surface area contributed by atoms with Crippen LogP contribution in [-0.2, 0) is 12.8 Å². The summed E-state index contributed by atoms with van der Waals surface area (Å²) in [5.41, 5.74) is 5.29. The number of benzene rings is 2. The second-order valence-corrected chi connectivity index (χ2v) is 7.16. The highest BCUT2D eigenvalue weighted by Gasteiger charge is 1.98. The van der Waals surface area contributed by atoms with Gasteiger partial charge >= 0.3 is 0 Å². The standard InChI is InChI=1S/C24H36N2.2ClH/c1-3-5-7-19-25-23-15-11-21(12-16-23)9-10-22-13-17-24(18-14-22)26-20-8-6-4-2;;/h11-18,25-26H,3-10,19-20H2,1-2H3;2*1H. The van der Waals surface area contributed by atoms with Crippen LogP contribution in [0.4, 0.5) is 11.4 Å². The minimum Gasteiger partial charge on any atom is -0.385 e. The van der Waals surface area contributed by atoms with Gasteiger partial charge in [-0.2, -0.15) is 0 Å². The molecule has 0 heterocycles. The maximum atomic E-state index is 3.50. The molecule has 158 valence electrons. The molecule has 0 aliphatic rings. The van der Waals surface area contributed by atoms with E-state index in [1.807, 2.05) is 0 Å². The van der Waals surface area contributed by atoms with Crippen molar-refractivity contribution in [2.24, 2.45) is 0 Å². The van der Waals surface area contributed by atoms with E-state index in [0.29, 0.717) is 0 Å². The third-order valence-corrected chi connectivity index (χ3v) is 4.83. The van der Waals surface area contributed by atoms with Gasteiger partial charge in [0, 0.05) is 24.5 Å². The minimum absolute atomic E-state index is 0. The third kappa shape index (κ3) is 10.8. The maximum absolute atomic E-state index is 3.50. The molecule has 2 rings (SSSR count). The molecule has 2 aromatic rings. The first kappa shape index (κ1) is 26.6. The average Bonchev–Trinajstić information content (AvgIpc) is 2.69. The molecule has 2 N–H and O–H groups in total. The molecule has 0 aromatic heterocycles. The van der Waals surface area contributed by atoms with Crippen LogP contribution in [0, 0.1) is 0 Å². The van der Waals surface area contributed by atoms with E-state index >= 15 is 0 Å². The number of nitrogens with one attached hydrogen (secondary N) is 2. The van der Waals surface area contributed by atoms with Gasteiger partial charge in [0.25, 0.3) is 0 Å². The Labute approximate surface area is 184 Å². The van der Waals surface area contributed by atoms with Crippen molar-refractivity contribution in [3.8, 4) is 0 Å². The van der Waals surface area contributed by atoms with Gasteiger partial charge in [-0.25, -0.2) is 0 Å². The number of unbranched alkanes of at least 4 members (excludes halogenated alkanes) is 4. The summed E-state index contributed by atoms with van der Waals surface area (Å²) in [7, 11) is 0. The lowest BCUT2D eigenvalue weighted by atomic mass is 10.0. The van der Waals surface area contributed by atoms with Crippen molar-refractivity contribution in [2.75, 3.05) is 23.7 Å². The fourth-order valence-corrected chi connectivity index (χ4v) is 3.08. The summed E-state index contributed by atoms with van der Waals surface area (Å²) >= 11 is 0. The van der Waals surface area contributed by atoms with Crippen LogP contribution in [-0.4, -0.2) is 13.1 Å². The average molecular weight is 425 g/mol. The minimum atomic E-state index is 0. The summed E-state index contributed by atoms with van der Waals surface area (Å²) < 4.78 is 0. The number of hydrogen-bond acceptors (Lipinski definition) is 2. The van der Waals surface area contributed by atoms with Crippen molar-refractivity contribution in [1.29, 1.82) is 0 Å². The van der Waals surface area contributed by atoms with Crippen LogP contribution in [0.1, 0.15) is 63.5 Å². The van der Waals surface area contributed by atoms with E-state index in [-0.39, 0.29) is 24.8 Å². The SMILES string of the molecule is CCCCCNc1ccc(CCc2ccc(NCCCCC)cc2)cc1.Cl.Cl. The van der Waals surface area contributed by atoms with Gasteiger partial charge in [-0.1, -0.05) is 63.8 Å². The van der Waals surface area contributed by atoms with Crippen molar-refractivity contribution < 1.29 is 0 Å². The molecule has 0 spiro atoms. The molecule has 4 heteroatoms. The Balaban J connectivity index is 0.00000364. The van der Waals surface area contributed by atoms with Crippen molar-refractivity contribution in [3.63, 3.8) is 0 Å². The zero-order valence-electron chi connectivity index (χ0n) is 17.5. The number of aryl methyl sites for hydroxylation is 2. The molecular formula is C24H38Cl2N2. The molecule has 0 amide bonds. The van der Waals surface area contributed by atoms with Gasteiger partial charge < -0.3 is 10.6 Å². The van der Waals surface area contributed by atoms with Crippen LogP contribution in [0.5, 0.6) is 0 Å². The lowest BCUT2D eigenvalue weighted by Gasteiger charge is -2.09. The first-order valence-electron chi connectivity index (χ1n) is 10.5. The fraction of sp³-hybridized carbons (Fsp3) is 0.500. The first-order chi connectivity index (χ1) is 12.8. The van der Waals surface area contributed by atoms with Crippen LogP contribution in [0.3, 0.4) is 0 Å². The summed E-state index contributed by atoms with van der Waals surface area (Å²) in [6, 6.07) is 17.9. The fourth-order valence-electron chi connectivity index (χ4n) is 3.08. The molecule has 0 fully saturated rings. The number of rotatable bonds is 13. The van der Waals surface area contributed by atoms with E-state index < -0.39 is 0 Å². The van der Waals surface area contributed by atoms with Gasteiger partial charge in [-0.3, -0.25) is 0 Å². The Morgan fingerprint density at radius 1 is 0.536 bits per heavy atom. The number of anilines is 2. The van der Waals surface area contributed by atoms with Crippen LogP contribution >= 0.6 is 24.8 Å². The normalized spacial score (nSPS) is 9.93. The summed E-state index contributed by atoms with van der Waals surface area (Å²) in [5.74, 6) is 0. The number of halogens is 2. The van der Waals surface area contributed by atoms with Crippen LogP contribution in [0.25, 0.3) is 0 Å². The lowest BCUT2D eigenvalue weighted by Crippen LogP contribution is -2.01. The molecular weight excluding hydrogens is 387 g/mol. The predicted molar refractivity (Wildman–Crippen MR) is 131 cm³/mol. The topological polar surface area (TPSA) is 24.1 Å².